The SMILES string of the molecule is CCNCC(O)Cn1ccnc1. The largest absolute Gasteiger partial charge is 0.390 e. The highest BCUT2D eigenvalue weighted by molar-refractivity contribution is 4.75. The highest BCUT2D eigenvalue weighted by Gasteiger charge is 2.02. The predicted octanol–water partition coefficient (Wildman–Crippen LogP) is -0.147. The summed E-state index contributed by atoms with van der Waals surface area (Å²) in [6.45, 7) is 4.15. The third-order valence-electron chi connectivity index (χ3n) is 1.61. The van der Waals surface area contributed by atoms with Crippen molar-refractivity contribution in [1.82, 2.24) is 14.9 Å². The maximum atomic E-state index is 9.44. The van der Waals surface area contributed by atoms with Gasteiger partial charge in [-0.2, -0.15) is 0 Å². The Bertz CT molecular complexity index is 198. The van der Waals surface area contributed by atoms with E-state index in [0.29, 0.717) is 13.1 Å². The first-order valence-corrected chi connectivity index (χ1v) is 4.17. The van der Waals surface area contributed by atoms with Crippen LogP contribution in [0.1, 0.15) is 6.92 Å². The Hall–Kier alpha value is -0.870. The summed E-state index contributed by atoms with van der Waals surface area (Å²) in [6.07, 6.45) is 4.92. The Kier molecular flexibility index (Phi) is 3.76. The molecule has 0 saturated carbocycles. The van der Waals surface area contributed by atoms with Gasteiger partial charge in [-0.15, -0.1) is 0 Å². The topological polar surface area (TPSA) is 50.1 Å². The molecular weight excluding hydrogens is 154 g/mol. The maximum absolute atomic E-state index is 9.44. The van der Waals surface area contributed by atoms with Crippen LogP contribution in [0.2, 0.25) is 0 Å². The smallest absolute Gasteiger partial charge is 0.0946 e. The molecule has 1 rings (SSSR count). The van der Waals surface area contributed by atoms with Crippen molar-refractivity contribution in [3.8, 4) is 0 Å². The minimum absolute atomic E-state index is 0.334. The zero-order valence-corrected chi connectivity index (χ0v) is 7.27. The molecule has 0 aromatic carbocycles. The van der Waals surface area contributed by atoms with E-state index in [9.17, 15) is 5.11 Å². The van der Waals surface area contributed by atoms with Gasteiger partial charge in [0.05, 0.1) is 19.0 Å². The van der Waals surface area contributed by atoms with Crippen molar-refractivity contribution < 1.29 is 5.11 Å². The summed E-state index contributed by atoms with van der Waals surface area (Å²) < 4.78 is 1.86. The molecule has 0 radical (unpaired) electrons. The maximum Gasteiger partial charge on any atom is 0.0946 e. The Balaban J connectivity index is 2.22. The van der Waals surface area contributed by atoms with Gasteiger partial charge in [0.2, 0.25) is 0 Å². The van der Waals surface area contributed by atoms with Gasteiger partial charge in [0.1, 0.15) is 0 Å². The summed E-state index contributed by atoms with van der Waals surface area (Å²) in [5, 5.41) is 12.5. The van der Waals surface area contributed by atoms with Gasteiger partial charge in [0.15, 0.2) is 0 Å². The molecular formula is C8H15N3O. The van der Waals surface area contributed by atoms with Gasteiger partial charge in [-0.3, -0.25) is 0 Å². The van der Waals surface area contributed by atoms with Crippen LogP contribution in [0.4, 0.5) is 0 Å². The first kappa shape index (κ1) is 9.22. The van der Waals surface area contributed by atoms with E-state index in [2.05, 4.69) is 10.3 Å². The second kappa shape index (κ2) is 4.90. The molecule has 1 aromatic heterocycles. The molecule has 68 valence electrons. The number of rotatable bonds is 5. The molecule has 1 heterocycles. The molecule has 2 N–H and O–H groups in total. The number of imidazole rings is 1. The molecule has 0 aliphatic rings. The standard InChI is InChI=1S/C8H15N3O/c1-2-9-5-8(12)6-11-4-3-10-7-11/h3-4,7-9,12H,2,5-6H2,1H3. The molecule has 1 atom stereocenters. The third-order valence-corrected chi connectivity index (χ3v) is 1.61. The lowest BCUT2D eigenvalue weighted by molar-refractivity contribution is 0.152. The number of hydrogen-bond acceptors (Lipinski definition) is 3. The second-order valence-electron chi connectivity index (χ2n) is 2.72. The van der Waals surface area contributed by atoms with Crippen LogP contribution < -0.4 is 5.32 Å². The molecule has 0 aliphatic carbocycles. The van der Waals surface area contributed by atoms with Crippen LogP contribution >= 0.6 is 0 Å². The molecule has 12 heavy (non-hydrogen) atoms. The van der Waals surface area contributed by atoms with Gasteiger partial charge in [0, 0.05) is 18.9 Å². The fraction of sp³-hybridized carbons (Fsp3) is 0.625. The van der Waals surface area contributed by atoms with Crippen LogP contribution in [0, 0.1) is 0 Å². The third kappa shape index (κ3) is 3.02. The van der Waals surface area contributed by atoms with Crippen LogP contribution in [-0.4, -0.2) is 33.9 Å². The lowest BCUT2D eigenvalue weighted by atomic mass is 10.3. The van der Waals surface area contributed by atoms with Crippen LogP contribution in [-0.2, 0) is 6.54 Å². The Morgan fingerprint density at radius 2 is 2.50 bits per heavy atom. The van der Waals surface area contributed by atoms with E-state index in [1.807, 2.05) is 17.7 Å². The van der Waals surface area contributed by atoms with Gasteiger partial charge in [0.25, 0.3) is 0 Å². The molecule has 0 spiro atoms. The zero-order valence-electron chi connectivity index (χ0n) is 7.27. The Morgan fingerprint density at radius 3 is 3.08 bits per heavy atom. The molecule has 0 bridgehead atoms. The highest BCUT2D eigenvalue weighted by atomic mass is 16.3. The molecule has 0 saturated heterocycles. The Labute approximate surface area is 72.2 Å². The van der Waals surface area contributed by atoms with Crippen LogP contribution in [0.3, 0.4) is 0 Å². The summed E-state index contributed by atoms with van der Waals surface area (Å²) in [5.74, 6) is 0. The summed E-state index contributed by atoms with van der Waals surface area (Å²) in [5.41, 5.74) is 0. The molecule has 0 fully saturated rings. The average molecular weight is 169 g/mol. The van der Waals surface area contributed by atoms with Crippen molar-refractivity contribution in [3.63, 3.8) is 0 Å². The van der Waals surface area contributed by atoms with E-state index in [4.69, 9.17) is 0 Å². The predicted molar refractivity (Wildman–Crippen MR) is 46.8 cm³/mol. The van der Waals surface area contributed by atoms with Crippen molar-refractivity contribution in [1.29, 1.82) is 0 Å². The lowest BCUT2D eigenvalue weighted by Crippen LogP contribution is -2.29. The van der Waals surface area contributed by atoms with E-state index >= 15 is 0 Å². The van der Waals surface area contributed by atoms with Gasteiger partial charge < -0.3 is 15.0 Å². The summed E-state index contributed by atoms with van der Waals surface area (Å²) >= 11 is 0. The normalized spacial score (nSPS) is 13.2. The van der Waals surface area contributed by atoms with Crippen LogP contribution in [0.25, 0.3) is 0 Å². The van der Waals surface area contributed by atoms with Crippen LogP contribution in [0.15, 0.2) is 18.7 Å². The molecule has 1 aromatic rings. The lowest BCUT2D eigenvalue weighted by Gasteiger charge is -2.10. The molecule has 0 aliphatic heterocycles. The number of aromatic nitrogens is 2. The highest BCUT2D eigenvalue weighted by Crippen LogP contribution is 1.90. The minimum atomic E-state index is -0.334. The van der Waals surface area contributed by atoms with E-state index in [1.165, 1.54) is 0 Å². The number of likely N-dealkylation sites (N-methyl/N-ethyl adjacent to an activating group) is 1. The fourth-order valence-electron chi connectivity index (χ4n) is 1.01. The molecule has 4 nitrogen and oxygen atoms in total. The van der Waals surface area contributed by atoms with E-state index < -0.39 is 0 Å². The van der Waals surface area contributed by atoms with E-state index in [0.717, 1.165) is 6.54 Å². The van der Waals surface area contributed by atoms with Crippen molar-refractivity contribution in [2.75, 3.05) is 13.1 Å². The molecule has 4 heteroatoms. The number of nitrogens with one attached hydrogen (secondary N) is 1. The second-order valence-corrected chi connectivity index (χ2v) is 2.72. The van der Waals surface area contributed by atoms with Gasteiger partial charge >= 0.3 is 0 Å². The number of hydrogen-bond donors (Lipinski definition) is 2. The van der Waals surface area contributed by atoms with Crippen molar-refractivity contribution in [2.24, 2.45) is 0 Å². The number of aliphatic hydroxyl groups is 1. The first-order valence-electron chi connectivity index (χ1n) is 4.17. The molecule has 0 amide bonds. The number of nitrogens with zero attached hydrogens (tertiary/aromatic N) is 2. The van der Waals surface area contributed by atoms with Crippen molar-refractivity contribution >= 4 is 0 Å². The fourth-order valence-corrected chi connectivity index (χ4v) is 1.01. The van der Waals surface area contributed by atoms with E-state index in [1.54, 1.807) is 12.5 Å². The average Bonchev–Trinajstić information content (AvgIpc) is 2.53. The van der Waals surface area contributed by atoms with Crippen molar-refractivity contribution in [3.05, 3.63) is 18.7 Å². The first-order chi connectivity index (χ1) is 5.83. The monoisotopic (exact) mass is 169 g/mol. The molecule has 1 unspecified atom stereocenters. The van der Waals surface area contributed by atoms with Gasteiger partial charge in [-0.25, -0.2) is 4.98 Å². The van der Waals surface area contributed by atoms with Crippen LogP contribution in [0.5, 0.6) is 0 Å². The minimum Gasteiger partial charge on any atom is -0.390 e. The Morgan fingerprint density at radius 1 is 1.67 bits per heavy atom. The van der Waals surface area contributed by atoms with Gasteiger partial charge in [-0.1, -0.05) is 6.92 Å². The zero-order chi connectivity index (χ0) is 8.81. The quantitative estimate of drug-likeness (QED) is 0.644. The number of aliphatic hydroxyl groups excluding tert-OH is 1. The van der Waals surface area contributed by atoms with E-state index in [-0.39, 0.29) is 6.10 Å². The van der Waals surface area contributed by atoms with Gasteiger partial charge in [-0.05, 0) is 6.54 Å². The summed E-state index contributed by atoms with van der Waals surface area (Å²) in [6, 6.07) is 0. The summed E-state index contributed by atoms with van der Waals surface area (Å²) in [4.78, 5) is 3.89. The van der Waals surface area contributed by atoms with Crippen molar-refractivity contribution in [2.45, 2.75) is 19.6 Å². The summed E-state index contributed by atoms with van der Waals surface area (Å²) in [7, 11) is 0.